The first-order chi connectivity index (χ1) is 12.0. The van der Waals surface area contributed by atoms with Crippen molar-refractivity contribution < 1.29 is 13.9 Å². The number of amides is 1. The van der Waals surface area contributed by atoms with E-state index < -0.39 is 5.82 Å². The van der Waals surface area contributed by atoms with Crippen molar-refractivity contribution in [2.24, 2.45) is 0 Å². The van der Waals surface area contributed by atoms with E-state index in [1.165, 1.54) is 30.1 Å². The first-order valence-corrected chi connectivity index (χ1v) is 7.41. The van der Waals surface area contributed by atoms with Gasteiger partial charge in [-0.3, -0.25) is 4.57 Å². The zero-order valence-electron chi connectivity index (χ0n) is 13.7. The van der Waals surface area contributed by atoms with E-state index in [0.717, 1.165) is 0 Å². The fourth-order valence-corrected chi connectivity index (χ4v) is 2.59. The topological polar surface area (TPSA) is 95.1 Å². The molecule has 0 radical (unpaired) electrons. The van der Waals surface area contributed by atoms with Crippen molar-refractivity contribution in [3.8, 4) is 11.6 Å². The molecule has 8 heteroatoms. The number of hydrogen-bond donors (Lipinski definition) is 2. The lowest BCUT2D eigenvalue weighted by atomic mass is 10.2. The van der Waals surface area contributed by atoms with E-state index in [1.807, 2.05) is 0 Å². The van der Waals surface area contributed by atoms with Crippen LogP contribution in [0.2, 0.25) is 0 Å². The molecule has 3 N–H and O–H groups in total. The number of rotatable bonds is 3. The second kappa shape index (κ2) is 6.23. The van der Waals surface area contributed by atoms with Gasteiger partial charge in [-0.15, -0.1) is 0 Å². The quantitative estimate of drug-likeness (QED) is 0.763. The Morgan fingerprint density at radius 2 is 2.20 bits per heavy atom. The summed E-state index contributed by atoms with van der Waals surface area (Å²) in [5, 5.41) is 2.79. The minimum Gasteiger partial charge on any atom is -0.435 e. The highest BCUT2D eigenvalue weighted by molar-refractivity contribution is 5.93. The van der Waals surface area contributed by atoms with Crippen LogP contribution in [-0.4, -0.2) is 27.6 Å². The molecule has 0 spiro atoms. The van der Waals surface area contributed by atoms with Gasteiger partial charge in [-0.25, -0.2) is 19.2 Å². The van der Waals surface area contributed by atoms with Gasteiger partial charge in [0.1, 0.15) is 12.1 Å². The van der Waals surface area contributed by atoms with Crippen LogP contribution in [0.15, 0.2) is 31.1 Å². The summed E-state index contributed by atoms with van der Waals surface area (Å²) in [6.45, 7) is 5.35. The van der Waals surface area contributed by atoms with Crippen molar-refractivity contribution in [2.45, 2.75) is 6.92 Å². The highest BCUT2D eigenvalue weighted by Gasteiger charge is 2.18. The second-order valence-corrected chi connectivity index (χ2v) is 5.27. The number of ether oxygens (including phenoxy) is 1. The van der Waals surface area contributed by atoms with Gasteiger partial charge in [0.05, 0.1) is 11.1 Å². The van der Waals surface area contributed by atoms with Gasteiger partial charge in [-0.2, -0.15) is 0 Å². The van der Waals surface area contributed by atoms with Gasteiger partial charge in [0, 0.05) is 18.1 Å². The molecule has 3 aromatic rings. The maximum Gasteiger partial charge on any atom is 0.325 e. The Hall–Kier alpha value is -3.42. The van der Waals surface area contributed by atoms with Crippen molar-refractivity contribution >= 4 is 28.8 Å². The number of hydrogen-bond acceptors (Lipinski definition) is 5. The van der Waals surface area contributed by atoms with E-state index in [0.29, 0.717) is 16.8 Å². The molecule has 0 bridgehead atoms. The third kappa shape index (κ3) is 2.67. The molecule has 0 fully saturated rings. The normalized spacial score (nSPS) is 10.7. The molecule has 25 heavy (non-hydrogen) atoms. The number of halogens is 1. The lowest BCUT2D eigenvalue weighted by Gasteiger charge is -2.10. The minimum absolute atomic E-state index is 0.0391. The third-order valence-corrected chi connectivity index (χ3v) is 3.77. The summed E-state index contributed by atoms with van der Waals surface area (Å²) in [7, 11) is 1.51. The van der Waals surface area contributed by atoms with E-state index in [4.69, 9.17) is 10.5 Å². The molecule has 3 rings (SSSR count). The van der Waals surface area contributed by atoms with Gasteiger partial charge in [0.2, 0.25) is 5.88 Å². The SMILES string of the molecule is C=Cc1c(N)ncnc1Oc1ccc2c(cc(C)n2C(=O)NC)c1F. The van der Waals surface area contributed by atoms with Crippen LogP contribution in [0.25, 0.3) is 17.0 Å². The number of carbonyl (C=O) groups excluding carboxylic acids is 1. The van der Waals surface area contributed by atoms with Crippen LogP contribution in [0.1, 0.15) is 11.3 Å². The number of nitrogen functional groups attached to an aromatic ring is 1. The maximum absolute atomic E-state index is 14.9. The lowest BCUT2D eigenvalue weighted by Crippen LogP contribution is -2.25. The first kappa shape index (κ1) is 16.4. The summed E-state index contributed by atoms with van der Waals surface area (Å²) in [6, 6.07) is 4.27. The highest BCUT2D eigenvalue weighted by Crippen LogP contribution is 2.33. The summed E-state index contributed by atoms with van der Waals surface area (Å²) in [6.07, 6.45) is 2.66. The molecule has 1 aromatic carbocycles. The van der Waals surface area contributed by atoms with Crippen LogP contribution in [0.4, 0.5) is 15.0 Å². The molecule has 7 nitrogen and oxygen atoms in total. The molecule has 0 saturated heterocycles. The van der Waals surface area contributed by atoms with Crippen LogP contribution >= 0.6 is 0 Å². The Balaban J connectivity index is 2.11. The number of nitrogens with two attached hydrogens (primary N) is 1. The summed E-state index contributed by atoms with van der Waals surface area (Å²) < 4.78 is 21.8. The lowest BCUT2D eigenvalue weighted by molar-refractivity contribution is 0.245. The molecule has 0 aliphatic rings. The highest BCUT2D eigenvalue weighted by atomic mass is 19.1. The Morgan fingerprint density at radius 1 is 1.44 bits per heavy atom. The van der Waals surface area contributed by atoms with Gasteiger partial charge >= 0.3 is 6.03 Å². The number of aryl methyl sites for hydroxylation is 1. The average Bonchev–Trinajstić information content (AvgIpc) is 2.94. The number of nitrogens with zero attached hydrogens (tertiary/aromatic N) is 3. The second-order valence-electron chi connectivity index (χ2n) is 5.27. The molecule has 0 aliphatic carbocycles. The third-order valence-electron chi connectivity index (χ3n) is 3.77. The number of carbonyl (C=O) groups is 1. The van der Waals surface area contributed by atoms with E-state index in [2.05, 4.69) is 21.9 Å². The van der Waals surface area contributed by atoms with E-state index >= 15 is 0 Å². The molecular formula is C17H16FN5O2. The summed E-state index contributed by atoms with van der Waals surface area (Å²) in [5.74, 6) is -0.357. The van der Waals surface area contributed by atoms with Crippen molar-refractivity contribution in [3.63, 3.8) is 0 Å². The Bertz CT molecular complexity index is 996. The maximum atomic E-state index is 14.9. The minimum atomic E-state index is -0.601. The van der Waals surface area contributed by atoms with Crippen LogP contribution in [0.5, 0.6) is 11.6 Å². The molecule has 0 atom stereocenters. The molecule has 2 heterocycles. The fraction of sp³-hybridized carbons (Fsp3) is 0.118. The molecule has 0 aliphatic heterocycles. The fourth-order valence-electron chi connectivity index (χ4n) is 2.59. The van der Waals surface area contributed by atoms with Crippen LogP contribution < -0.4 is 15.8 Å². The van der Waals surface area contributed by atoms with Crippen LogP contribution in [-0.2, 0) is 0 Å². The van der Waals surface area contributed by atoms with Gasteiger partial charge in [0.25, 0.3) is 0 Å². The van der Waals surface area contributed by atoms with Gasteiger partial charge in [-0.1, -0.05) is 12.7 Å². The Morgan fingerprint density at radius 3 is 2.88 bits per heavy atom. The Labute approximate surface area is 142 Å². The van der Waals surface area contributed by atoms with Gasteiger partial charge in [0.15, 0.2) is 11.6 Å². The zero-order chi connectivity index (χ0) is 18.1. The number of fused-ring (bicyclic) bond motifs is 1. The van der Waals surface area contributed by atoms with Gasteiger partial charge < -0.3 is 15.8 Å². The predicted molar refractivity (Wildman–Crippen MR) is 93.1 cm³/mol. The van der Waals surface area contributed by atoms with E-state index in [-0.39, 0.29) is 28.9 Å². The van der Waals surface area contributed by atoms with Crippen molar-refractivity contribution in [1.29, 1.82) is 0 Å². The van der Waals surface area contributed by atoms with Crippen molar-refractivity contribution in [3.05, 3.63) is 48.2 Å². The summed E-state index contributed by atoms with van der Waals surface area (Å²) >= 11 is 0. The molecule has 2 aromatic heterocycles. The van der Waals surface area contributed by atoms with Gasteiger partial charge in [-0.05, 0) is 25.1 Å². The summed E-state index contributed by atoms with van der Waals surface area (Å²) in [5.41, 5.74) is 7.16. The zero-order valence-corrected chi connectivity index (χ0v) is 13.7. The smallest absolute Gasteiger partial charge is 0.325 e. The predicted octanol–water partition coefficient (Wildman–Crippen LogP) is 3.08. The largest absolute Gasteiger partial charge is 0.435 e. The van der Waals surface area contributed by atoms with E-state index in [9.17, 15) is 9.18 Å². The average molecular weight is 341 g/mol. The molecule has 0 unspecified atom stereocenters. The van der Waals surface area contributed by atoms with Crippen molar-refractivity contribution in [2.75, 3.05) is 12.8 Å². The summed E-state index contributed by atoms with van der Waals surface area (Å²) in [4.78, 5) is 19.8. The molecule has 1 amide bonds. The monoisotopic (exact) mass is 341 g/mol. The molecule has 128 valence electrons. The first-order valence-electron chi connectivity index (χ1n) is 7.41. The standard InChI is InChI=1S/C17H16FN5O2/c1-4-10-15(19)21-8-22-16(10)25-13-6-5-12-11(14(13)18)7-9(2)23(12)17(24)20-3/h4-8H,1H2,2-3H3,(H,20,24)(H2,19,21,22). The molecular weight excluding hydrogens is 325 g/mol. The number of anilines is 1. The number of benzene rings is 1. The van der Waals surface area contributed by atoms with E-state index in [1.54, 1.807) is 19.1 Å². The van der Waals surface area contributed by atoms with Crippen molar-refractivity contribution in [1.82, 2.24) is 19.9 Å². The Kier molecular flexibility index (Phi) is 4.10. The van der Waals surface area contributed by atoms with Crippen LogP contribution in [0, 0.1) is 12.7 Å². The number of nitrogens with one attached hydrogen (secondary N) is 1. The van der Waals surface area contributed by atoms with Crippen LogP contribution in [0.3, 0.4) is 0 Å². The number of aromatic nitrogens is 3. The molecule has 0 saturated carbocycles.